The van der Waals surface area contributed by atoms with Gasteiger partial charge in [-0.3, -0.25) is 4.79 Å². The lowest BCUT2D eigenvalue weighted by Gasteiger charge is -2.32. The van der Waals surface area contributed by atoms with E-state index in [4.69, 9.17) is 0 Å². The van der Waals surface area contributed by atoms with Crippen LogP contribution in [0.25, 0.3) is 0 Å². The Balaban J connectivity index is 1.36. The zero-order valence-electron chi connectivity index (χ0n) is 15.5. The minimum Gasteiger partial charge on any atom is -0.356 e. The summed E-state index contributed by atoms with van der Waals surface area (Å²) in [5.41, 5.74) is 0.120. The molecule has 1 saturated carbocycles. The fourth-order valence-corrected chi connectivity index (χ4v) is 3.99. The van der Waals surface area contributed by atoms with Gasteiger partial charge in [0.15, 0.2) is 0 Å². The molecule has 0 radical (unpaired) electrons. The first-order valence-electron chi connectivity index (χ1n) is 9.81. The zero-order chi connectivity index (χ0) is 19.2. The van der Waals surface area contributed by atoms with Gasteiger partial charge in [0.1, 0.15) is 11.6 Å². The molecule has 5 nitrogen and oxygen atoms in total. The van der Waals surface area contributed by atoms with Crippen molar-refractivity contribution in [3.8, 4) is 0 Å². The normalized spacial score (nSPS) is 18.5. The monoisotopic (exact) mass is 379 g/mol. The fourth-order valence-electron chi connectivity index (χ4n) is 3.99. The average Bonchev–Trinajstić information content (AvgIpc) is 3.16. The number of hydrogen-bond acceptors (Lipinski definition) is 2. The maximum Gasteiger partial charge on any atom is 0.321 e. The molecule has 0 spiro atoms. The number of halogens is 2. The van der Waals surface area contributed by atoms with Gasteiger partial charge >= 0.3 is 6.03 Å². The summed E-state index contributed by atoms with van der Waals surface area (Å²) in [5.74, 6) is -0.577. The quantitative estimate of drug-likeness (QED) is 0.815. The maximum absolute atomic E-state index is 13.2. The Morgan fingerprint density at radius 2 is 1.63 bits per heavy atom. The smallest absolute Gasteiger partial charge is 0.321 e. The van der Waals surface area contributed by atoms with Gasteiger partial charge in [0.25, 0.3) is 0 Å². The number of anilines is 1. The third kappa shape index (κ3) is 5.65. The minimum atomic E-state index is -0.719. The van der Waals surface area contributed by atoms with Crippen molar-refractivity contribution in [3.63, 3.8) is 0 Å². The summed E-state index contributed by atoms with van der Waals surface area (Å²) in [4.78, 5) is 25.9. The molecule has 148 valence electrons. The molecule has 1 heterocycles. The SMILES string of the molecule is O=C(NCCC1CCN(C(=O)Nc2cc(F)cc(F)c2)CC1)C1CCCC1. The van der Waals surface area contributed by atoms with Gasteiger partial charge in [-0.1, -0.05) is 12.8 Å². The van der Waals surface area contributed by atoms with Crippen molar-refractivity contribution < 1.29 is 18.4 Å². The van der Waals surface area contributed by atoms with E-state index in [2.05, 4.69) is 10.6 Å². The van der Waals surface area contributed by atoms with Crippen LogP contribution in [0.1, 0.15) is 44.9 Å². The van der Waals surface area contributed by atoms with Gasteiger partial charge in [0.05, 0.1) is 0 Å². The summed E-state index contributed by atoms with van der Waals surface area (Å²) < 4.78 is 26.4. The van der Waals surface area contributed by atoms with Crippen molar-refractivity contribution in [1.82, 2.24) is 10.2 Å². The highest BCUT2D eigenvalue weighted by Gasteiger charge is 2.25. The molecule has 1 aromatic carbocycles. The second kappa shape index (κ2) is 9.15. The molecule has 0 aromatic heterocycles. The molecule has 27 heavy (non-hydrogen) atoms. The Morgan fingerprint density at radius 1 is 1.00 bits per heavy atom. The summed E-state index contributed by atoms with van der Waals surface area (Å²) in [6.07, 6.45) is 6.97. The number of nitrogens with zero attached hydrogens (tertiary/aromatic N) is 1. The standard InChI is InChI=1S/C20H27F2N3O2/c21-16-11-17(22)13-18(12-16)24-20(27)25-9-6-14(7-10-25)5-8-23-19(26)15-3-1-2-4-15/h11-15H,1-10H2,(H,23,26)(H,24,27). The van der Waals surface area contributed by atoms with Gasteiger partial charge in [-0.05, 0) is 50.2 Å². The molecular formula is C20H27F2N3O2. The molecule has 2 N–H and O–H groups in total. The van der Waals surface area contributed by atoms with E-state index in [1.54, 1.807) is 4.90 Å². The van der Waals surface area contributed by atoms with Crippen LogP contribution < -0.4 is 10.6 Å². The Bertz CT molecular complexity index is 649. The van der Waals surface area contributed by atoms with E-state index in [0.717, 1.165) is 63.1 Å². The third-order valence-electron chi connectivity index (χ3n) is 5.59. The van der Waals surface area contributed by atoms with Gasteiger partial charge < -0.3 is 15.5 Å². The Kier molecular flexibility index (Phi) is 6.63. The number of urea groups is 1. The van der Waals surface area contributed by atoms with Crippen molar-refractivity contribution in [2.45, 2.75) is 44.9 Å². The van der Waals surface area contributed by atoms with Crippen LogP contribution in [-0.2, 0) is 4.79 Å². The molecular weight excluding hydrogens is 352 g/mol. The Morgan fingerprint density at radius 3 is 2.26 bits per heavy atom. The van der Waals surface area contributed by atoms with Crippen LogP contribution in [-0.4, -0.2) is 36.5 Å². The first kappa shape index (κ1) is 19.6. The van der Waals surface area contributed by atoms with Crippen LogP contribution in [0.15, 0.2) is 18.2 Å². The van der Waals surface area contributed by atoms with Crippen LogP contribution in [0, 0.1) is 23.5 Å². The molecule has 1 saturated heterocycles. The number of amides is 3. The van der Waals surface area contributed by atoms with Crippen molar-refractivity contribution >= 4 is 17.6 Å². The lowest BCUT2D eigenvalue weighted by atomic mass is 9.93. The average molecular weight is 379 g/mol. The lowest BCUT2D eigenvalue weighted by molar-refractivity contribution is -0.124. The number of rotatable bonds is 5. The number of nitrogens with one attached hydrogen (secondary N) is 2. The summed E-state index contributed by atoms with van der Waals surface area (Å²) in [6, 6.07) is 2.63. The lowest BCUT2D eigenvalue weighted by Crippen LogP contribution is -2.41. The van der Waals surface area contributed by atoms with Crippen LogP contribution >= 0.6 is 0 Å². The first-order chi connectivity index (χ1) is 13.0. The molecule has 0 atom stereocenters. The predicted molar refractivity (Wildman–Crippen MR) is 99.3 cm³/mol. The highest BCUT2D eigenvalue weighted by Crippen LogP contribution is 2.25. The second-order valence-electron chi connectivity index (χ2n) is 7.58. The van der Waals surface area contributed by atoms with E-state index in [1.165, 1.54) is 0 Å². The number of likely N-dealkylation sites (tertiary alicyclic amines) is 1. The third-order valence-corrected chi connectivity index (χ3v) is 5.59. The molecule has 2 fully saturated rings. The van der Waals surface area contributed by atoms with Gasteiger partial charge in [-0.2, -0.15) is 0 Å². The van der Waals surface area contributed by atoms with Crippen LogP contribution in [0.3, 0.4) is 0 Å². The van der Waals surface area contributed by atoms with Crippen LogP contribution in [0.5, 0.6) is 0 Å². The van der Waals surface area contributed by atoms with Crippen molar-refractivity contribution in [1.29, 1.82) is 0 Å². The van der Waals surface area contributed by atoms with Crippen molar-refractivity contribution in [2.75, 3.05) is 25.0 Å². The molecule has 0 unspecified atom stereocenters. The van der Waals surface area contributed by atoms with Gasteiger partial charge in [-0.25, -0.2) is 13.6 Å². The van der Waals surface area contributed by atoms with E-state index >= 15 is 0 Å². The summed E-state index contributed by atoms with van der Waals surface area (Å²) >= 11 is 0. The van der Waals surface area contributed by atoms with E-state index < -0.39 is 11.6 Å². The summed E-state index contributed by atoms with van der Waals surface area (Å²) in [6.45, 7) is 1.89. The number of carbonyl (C=O) groups is 2. The van der Waals surface area contributed by atoms with Gasteiger partial charge in [0.2, 0.25) is 5.91 Å². The predicted octanol–water partition coefficient (Wildman–Crippen LogP) is 3.91. The Hall–Kier alpha value is -2.18. The highest BCUT2D eigenvalue weighted by molar-refractivity contribution is 5.89. The Labute approximate surface area is 158 Å². The maximum atomic E-state index is 13.2. The molecule has 1 aliphatic carbocycles. The summed E-state index contributed by atoms with van der Waals surface area (Å²) in [7, 11) is 0. The highest BCUT2D eigenvalue weighted by atomic mass is 19.1. The van der Waals surface area contributed by atoms with Crippen molar-refractivity contribution in [3.05, 3.63) is 29.8 Å². The van der Waals surface area contributed by atoms with Gasteiger partial charge in [-0.15, -0.1) is 0 Å². The van der Waals surface area contributed by atoms with E-state index in [0.29, 0.717) is 25.6 Å². The second-order valence-corrected chi connectivity index (χ2v) is 7.58. The molecule has 1 aliphatic heterocycles. The van der Waals surface area contributed by atoms with Crippen LogP contribution in [0.4, 0.5) is 19.3 Å². The summed E-state index contributed by atoms with van der Waals surface area (Å²) in [5, 5.41) is 5.59. The zero-order valence-corrected chi connectivity index (χ0v) is 15.5. The fraction of sp³-hybridized carbons (Fsp3) is 0.600. The molecule has 0 bridgehead atoms. The first-order valence-corrected chi connectivity index (χ1v) is 9.81. The number of carbonyl (C=O) groups excluding carboxylic acids is 2. The number of benzene rings is 1. The molecule has 7 heteroatoms. The largest absolute Gasteiger partial charge is 0.356 e. The minimum absolute atomic E-state index is 0.120. The molecule has 1 aromatic rings. The van der Waals surface area contributed by atoms with Crippen LogP contribution in [0.2, 0.25) is 0 Å². The topological polar surface area (TPSA) is 61.4 Å². The molecule has 3 rings (SSSR count). The van der Waals surface area contributed by atoms with Crippen molar-refractivity contribution in [2.24, 2.45) is 11.8 Å². The molecule has 2 aliphatic rings. The van der Waals surface area contributed by atoms with E-state index in [-0.39, 0.29) is 23.5 Å². The van der Waals surface area contributed by atoms with E-state index in [9.17, 15) is 18.4 Å². The number of piperidine rings is 1. The van der Waals surface area contributed by atoms with E-state index in [1.807, 2.05) is 0 Å². The molecule has 3 amide bonds. The van der Waals surface area contributed by atoms with Gasteiger partial charge in [0, 0.05) is 37.3 Å². The number of hydrogen-bond donors (Lipinski definition) is 2.